The van der Waals surface area contributed by atoms with Crippen molar-refractivity contribution >= 4 is 0 Å². The molecule has 0 radical (unpaired) electrons. The second-order valence-corrected chi connectivity index (χ2v) is 6.70. The Morgan fingerprint density at radius 1 is 0.870 bits per heavy atom. The SMILES string of the molecule is CC=CC(C)(C=CC)C(CO)(CO)COCCCCCCCC. The smallest absolute Gasteiger partial charge is 0.0577 e. The summed E-state index contributed by atoms with van der Waals surface area (Å²) in [6.07, 6.45) is 15.4. The van der Waals surface area contributed by atoms with Crippen molar-refractivity contribution in [3.63, 3.8) is 0 Å². The number of hydrogen-bond acceptors (Lipinski definition) is 3. The highest BCUT2D eigenvalue weighted by Crippen LogP contribution is 2.42. The van der Waals surface area contributed by atoms with Crippen molar-refractivity contribution in [2.24, 2.45) is 10.8 Å². The van der Waals surface area contributed by atoms with Crippen LogP contribution in [0, 0.1) is 10.8 Å². The van der Waals surface area contributed by atoms with E-state index in [9.17, 15) is 10.2 Å². The van der Waals surface area contributed by atoms with Crippen molar-refractivity contribution in [1.29, 1.82) is 0 Å². The van der Waals surface area contributed by atoms with E-state index in [0.717, 1.165) is 6.42 Å². The topological polar surface area (TPSA) is 49.7 Å². The summed E-state index contributed by atoms with van der Waals surface area (Å²) in [5.41, 5.74) is -1.13. The first kappa shape index (κ1) is 22.4. The Hall–Kier alpha value is -0.640. The van der Waals surface area contributed by atoms with Gasteiger partial charge >= 0.3 is 0 Å². The van der Waals surface area contributed by atoms with Crippen LogP contribution in [0.5, 0.6) is 0 Å². The molecular formula is C20H38O3. The van der Waals surface area contributed by atoms with Crippen molar-refractivity contribution in [3.8, 4) is 0 Å². The van der Waals surface area contributed by atoms with Crippen molar-refractivity contribution in [1.82, 2.24) is 0 Å². The van der Waals surface area contributed by atoms with E-state index in [-0.39, 0.29) is 13.2 Å². The van der Waals surface area contributed by atoms with Crippen LogP contribution in [0.3, 0.4) is 0 Å². The van der Waals surface area contributed by atoms with E-state index in [1.54, 1.807) is 0 Å². The molecule has 0 fully saturated rings. The highest BCUT2D eigenvalue weighted by Gasteiger charge is 2.44. The fourth-order valence-corrected chi connectivity index (χ4v) is 2.99. The Balaban J connectivity index is 4.54. The molecule has 0 unspecified atom stereocenters. The predicted molar refractivity (Wildman–Crippen MR) is 98.5 cm³/mol. The van der Waals surface area contributed by atoms with Crippen LogP contribution in [0.1, 0.15) is 66.2 Å². The van der Waals surface area contributed by atoms with Crippen LogP contribution in [0.2, 0.25) is 0 Å². The lowest BCUT2D eigenvalue weighted by molar-refractivity contribution is -0.0715. The lowest BCUT2D eigenvalue weighted by atomic mass is 9.65. The maximum absolute atomic E-state index is 9.96. The van der Waals surface area contributed by atoms with Gasteiger partial charge in [0.15, 0.2) is 0 Å². The Morgan fingerprint density at radius 3 is 1.87 bits per heavy atom. The minimum atomic E-state index is -0.700. The molecule has 23 heavy (non-hydrogen) atoms. The van der Waals surface area contributed by atoms with E-state index in [4.69, 9.17) is 4.74 Å². The molecule has 0 heterocycles. The molecule has 3 heteroatoms. The van der Waals surface area contributed by atoms with Crippen LogP contribution in [-0.4, -0.2) is 36.6 Å². The summed E-state index contributed by atoms with van der Waals surface area (Å²) in [4.78, 5) is 0. The highest BCUT2D eigenvalue weighted by atomic mass is 16.5. The molecule has 0 saturated heterocycles. The van der Waals surface area contributed by atoms with Gasteiger partial charge in [0, 0.05) is 12.0 Å². The van der Waals surface area contributed by atoms with E-state index in [1.807, 2.05) is 45.1 Å². The first-order chi connectivity index (χ1) is 11.1. The number of ether oxygens (including phenoxy) is 1. The molecule has 2 N–H and O–H groups in total. The predicted octanol–water partition coefficient (Wildman–Crippen LogP) is 4.49. The third-order valence-electron chi connectivity index (χ3n) is 4.79. The zero-order valence-corrected chi connectivity index (χ0v) is 15.7. The molecule has 3 nitrogen and oxygen atoms in total. The number of hydrogen-bond donors (Lipinski definition) is 2. The second-order valence-electron chi connectivity index (χ2n) is 6.70. The molecule has 136 valence electrons. The lowest BCUT2D eigenvalue weighted by Gasteiger charge is -2.43. The zero-order valence-electron chi connectivity index (χ0n) is 15.7. The lowest BCUT2D eigenvalue weighted by Crippen LogP contribution is -2.47. The molecule has 0 aliphatic heterocycles. The zero-order chi connectivity index (χ0) is 17.6. The average Bonchev–Trinajstić information content (AvgIpc) is 2.54. The van der Waals surface area contributed by atoms with Gasteiger partial charge in [-0.3, -0.25) is 0 Å². The molecule has 0 aliphatic carbocycles. The highest BCUT2D eigenvalue weighted by molar-refractivity contribution is 5.17. The van der Waals surface area contributed by atoms with Crippen molar-refractivity contribution < 1.29 is 14.9 Å². The van der Waals surface area contributed by atoms with Gasteiger partial charge in [-0.05, 0) is 20.3 Å². The van der Waals surface area contributed by atoms with Gasteiger partial charge in [0.2, 0.25) is 0 Å². The molecule has 0 aromatic rings. The first-order valence-electron chi connectivity index (χ1n) is 9.13. The largest absolute Gasteiger partial charge is 0.396 e. The van der Waals surface area contributed by atoms with Crippen LogP contribution >= 0.6 is 0 Å². The maximum atomic E-state index is 9.96. The summed E-state index contributed by atoms with van der Waals surface area (Å²) in [6.45, 7) is 9.01. The van der Waals surface area contributed by atoms with E-state index in [1.165, 1.54) is 32.1 Å². The third kappa shape index (κ3) is 7.19. The van der Waals surface area contributed by atoms with Gasteiger partial charge in [-0.25, -0.2) is 0 Å². The Labute approximate surface area is 143 Å². The molecule has 0 aromatic heterocycles. The molecule has 0 amide bonds. The van der Waals surface area contributed by atoms with E-state index in [2.05, 4.69) is 6.92 Å². The van der Waals surface area contributed by atoms with Crippen LogP contribution < -0.4 is 0 Å². The minimum absolute atomic E-state index is 0.106. The van der Waals surface area contributed by atoms with Crippen LogP contribution in [0.4, 0.5) is 0 Å². The molecule has 0 spiro atoms. The third-order valence-corrected chi connectivity index (χ3v) is 4.79. The quantitative estimate of drug-likeness (QED) is 0.365. The normalized spacial score (nSPS) is 15.6. The van der Waals surface area contributed by atoms with E-state index >= 15 is 0 Å². The van der Waals surface area contributed by atoms with Crippen molar-refractivity contribution in [3.05, 3.63) is 24.3 Å². The van der Waals surface area contributed by atoms with Gasteiger partial charge in [0.05, 0.1) is 25.2 Å². The van der Waals surface area contributed by atoms with Crippen LogP contribution in [-0.2, 0) is 4.74 Å². The Bertz CT molecular complexity index is 318. The van der Waals surface area contributed by atoms with Crippen molar-refractivity contribution in [2.75, 3.05) is 26.4 Å². The maximum Gasteiger partial charge on any atom is 0.0577 e. The van der Waals surface area contributed by atoms with Gasteiger partial charge in [-0.15, -0.1) is 0 Å². The summed E-state index contributed by atoms with van der Waals surface area (Å²) in [5.74, 6) is 0. The summed E-state index contributed by atoms with van der Waals surface area (Å²) in [7, 11) is 0. The number of unbranched alkanes of at least 4 members (excludes halogenated alkanes) is 5. The number of rotatable bonds is 14. The minimum Gasteiger partial charge on any atom is -0.396 e. The van der Waals surface area contributed by atoms with Gasteiger partial charge in [-0.2, -0.15) is 0 Å². The summed E-state index contributed by atoms with van der Waals surface area (Å²) < 4.78 is 5.84. The number of allylic oxidation sites excluding steroid dienone is 4. The summed E-state index contributed by atoms with van der Waals surface area (Å²) in [6, 6.07) is 0. The standard InChI is InChI=1S/C20H38O3/c1-5-8-9-10-11-12-15-23-18-20(16-21,17-22)19(4,13-6-2)14-7-3/h6-7,13-14,21-22H,5,8-12,15-18H2,1-4H3. The fraction of sp³-hybridized carbons (Fsp3) is 0.800. The molecule has 0 atom stereocenters. The second kappa shape index (κ2) is 12.7. The molecule has 0 saturated carbocycles. The summed E-state index contributed by atoms with van der Waals surface area (Å²) >= 11 is 0. The molecule has 0 rings (SSSR count). The fourth-order valence-electron chi connectivity index (χ4n) is 2.99. The molecular weight excluding hydrogens is 288 g/mol. The van der Waals surface area contributed by atoms with Gasteiger partial charge in [0.1, 0.15) is 0 Å². The number of aliphatic hydroxyl groups is 2. The molecule has 0 aromatic carbocycles. The van der Waals surface area contributed by atoms with Gasteiger partial charge in [0.25, 0.3) is 0 Å². The average molecular weight is 327 g/mol. The van der Waals surface area contributed by atoms with E-state index in [0.29, 0.717) is 13.2 Å². The Kier molecular flexibility index (Phi) is 12.4. The molecule has 0 aliphatic rings. The first-order valence-corrected chi connectivity index (χ1v) is 9.13. The molecule has 0 bridgehead atoms. The van der Waals surface area contributed by atoms with Gasteiger partial charge < -0.3 is 14.9 Å². The van der Waals surface area contributed by atoms with Crippen LogP contribution in [0.15, 0.2) is 24.3 Å². The van der Waals surface area contributed by atoms with Gasteiger partial charge in [-0.1, -0.05) is 70.3 Å². The monoisotopic (exact) mass is 326 g/mol. The summed E-state index contributed by atoms with van der Waals surface area (Å²) in [5, 5.41) is 19.9. The Morgan fingerprint density at radius 2 is 1.39 bits per heavy atom. The number of aliphatic hydroxyl groups excluding tert-OH is 2. The van der Waals surface area contributed by atoms with Crippen molar-refractivity contribution in [2.45, 2.75) is 66.2 Å². The van der Waals surface area contributed by atoms with E-state index < -0.39 is 10.8 Å². The van der Waals surface area contributed by atoms with Crippen LogP contribution in [0.25, 0.3) is 0 Å².